The Balaban J connectivity index is 1.43. The van der Waals surface area contributed by atoms with Crippen molar-refractivity contribution in [1.29, 1.82) is 0 Å². The zero-order valence-corrected chi connectivity index (χ0v) is 13.3. The van der Waals surface area contributed by atoms with E-state index >= 15 is 0 Å². The number of urea groups is 1. The van der Waals surface area contributed by atoms with Crippen molar-refractivity contribution in [3.05, 3.63) is 47.3 Å². The van der Waals surface area contributed by atoms with Gasteiger partial charge in [0.05, 0.1) is 12.3 Å². The van der Waals surface area contributed by atoms with Gasteiger partial charge in [-0.2, -0.15) is 0 Å². The fourth-order valence-corrected chi connectivity index (χ4v) is 3.48. The van der Waals surface area contributed by atoms with Crippen molar-refractivity contribution in [3.63, 3.8) is 0 Å². The number of aliphatic imine (C=N–C) groups is 1. The number of aryl methyl sites for hydroxylation is 1. The molecule has 1 saturated heterocycles. The molecule has 124 valence electrons. The normalized spacial score (nSPS) is 28.8. The molecular formula is C18H18FN3O2. The van der Waals surface area contributed by atoms with Crippen molar-refractivity contribution < 1.29 is 14.0 Å². The van der Waals surface area contributed by atoms with Crippen LogP contribution >= 0.6 is 0 Å². The Hall–Kier alpha value is -2.50. The van der Waals surface area contributed by atoms with Gasteiger partial charge in [-0.1, -0.05) is 18.2 Å². The number of carbonyl (C=O) groups is 2. The Kier molecular flexibility index (Phi) is 3.48. The number of benzene rings is 1. The van der Waals surface area contributed by atoms with Crippen LogP contribution < -0.4 is 5.32 Å². The topological polar surface area (TPSA) is 61.8 Å². The van der Waals surface area contributed by atoms with E-state index in [1.165, 1.54) is 11.0 Å². The van der Waals surface area contributed by atoms with Gasteiger partial charge in [0.25, 0.3) is 0 Å². The highest BCUT2D eigenvalue weighted by Crippen LogP contribution is 2.44. The number of hydrogen-bond acceptors (Lipinski definition) is 3. The zero-order chi connectivity index (χ0) is 16.8. The zero-order valence-electron chi connectivity index (χ0n) is 13.3. The molecule has 2 fully saturated rings. The molecule has 2 aliphatic heterocycles. The summed E-state index contributed by atoms with van der Waals surface area (Å²) in [7, 11) is 0. The van der Waals surface area contributed by atoms with E-state index in [2.05, 4.69) is 16.4 Å². The molecule has 1 aliphatic carbocycles. The van der Waals surface area contributed by atoms with Crippen molar-refractivity contribution in [1.82, 2.24) is 10.2 Å². The summed E-state index contributed by atoms with van der Waals surface area (Å²) in [5, 5.41) is 2.56. The molecule has 0 radical (unpaired) electrons. The van der Waals surface area contributed by atoms with Gasteiger partial charge in [0, 0.05) is 24.1 Å². The van der Waals surface area contributed by atoms with Crippen LogP contribution in [0.15, 0.2) is 35.3 Å². The first kappa shape index (κ1) is 15.1. The van der Waals surface area contributed by atoms with E-state index in [9.17, 15) is 14.0 Å². The second-order valence-corrected chi connectivity index (χ2v) is 6.60. The largest absolute Gasteiger partial charge is 0.329 e. The minimum Gasteiger partial charge on any atom is -0.329 e. The third-order valence-electron chi connectivity index (χ3n) is 5.01. The van der Waals surface area contributed by atoms with Gasteiger partial charge >= 0.3 is 6.03 Å². The van der Waals surface area contributed by atoms with Gasteiger partial charge in [0.15, 0.2) is 0 Å². The van der Waals surface area contributed by atoms with Crippen molar-refractivity contribution in [2.24, 2.45) is 16.8 Å². The average Bonchev–Trinajstić information content (AvgIpc) is 3.29. The average molecular weight is 327 g/mol. The number of carbonyl (C=O) groups excluding carboxylic acids is 2. The highest BCUT2D eigenvalue weighted by atomic mass is 19.1. The van der Waals surface area contributed by atoms with Gasteiger partial charge in [-0.15, -0.1) is 0 Å². The van der Waals surface area contributed by atoms with Crippen molar-refractivity contribution >= 4 is 17.6 Å². The van der Waals surface area contributed by atoms with E-state index in [-0.39, 0.29) is 42.2 Å². The number of nitrogens with zero attached hydrogens (tertiary/aromatic N) is 2. The molecule has 0 bridgehead atoms. The summed E-state index contributed by atoms with van der Waals surface area (Å²) in [5.41, 5.74) is 2.16. The number of imide groups is 1. The van der Waals surface area contributed by atoms with Crippen LogP contribution in [0.5, 0.6) is 0 Å². The summed E-state index contributed by atoms with van der Waals surface area (Å²) in [4.78, 5) is 29.4. The Morgan fingerprint density at radius 1 is 1.33 bits per heavy atom. The molecule has 6 heteroatoms. The minimum absolute atomic E-state index is 0.0109. The standard InChI is InChI=1S/C18H18FN3O2/c1-10-2-3-11(6-14(10)19)15-5-4-12(8-20-15)13-7-16(13)22-17(23)9-21-18(22)24/h2-6,12-13,16H,7-9H2,1H3,(H,21,24)/t12?,13-,16+/m0/s1. The van der Waals surface area contributed by atoms with Gasteiger partial charge in [0.1, 0.15) is 5.82 Å². The molecule has 2 heterocycles. The molecule has 3 aliphatic rings. The Morgan fingerprint density at radius 2 is 2.17 bits per heavy atom. The number of halogens is 1. The van der Waals surface area contributed by atoms with E-state index in [1.54, 1.807) is 13.0 Å². The second kappa shape index (κ2) is 5.54. The van der Waals surface area contributed by atoms with Crippen LogP contribution in [0.25, 0.3) is 0 Å². The molecule has 1 aromatic carbocycles. The summed E-state index contributed by atoms with van der Waals surface area (Å²) >= 11 is 0. The summed E-state index contributed by atoms with van der Waals surface area (Å²) in [5.74, 6) is 0.113. The van der Waals surface area contributed by atoms with Gasteiger partial charge in [-0.25, -0.2) is 9.18 Å². The molecule has 1 aromatic rings. The Labute approximate surface area is 139 Å². The van der Waals surface area contributed by atoms with Crippen LogP contribution in [0.1, 0.15) is 17.5 Å². The van der Waals surface area contributed by atoms with Gasteiger partial charge in [0.2, 0.25) is 5.91 Å². The van der Waals surface area contributed by atoms with E-state index in [0.29, 0.717) is 12.1 Å². The number of amides is 3. The lowest BCUT2D eigenvalue weighted by molar-refractivity contribution is -0.125. The van der Waals surface area contributed by atoms with E-state index in [4.69, 9.17) is 0 Å². The molecule has 24 heavy (non-hydrogen) atoms. The van der Waals surface area contributed by atoms with Crippen LogP contribution in [0.3, 0.4) is 0 Å². The molecule has 3 atom stereocenters. The second-order valence-electron chi connectivity index (χ2n) is 6.60. The monoisotopic (exact) mass is 327 g/mol. The number of dihydropyridines is 1. The predicted molar refractivity (Wildman–Crippen MR) is 87.3 cm³/mol. The van der Waals surface area contributed by atoms with Crippen molar-refractivity contribution in [2.45, 2.75) is 19.4 Å². The first-order valence-corrected chi connectivity index (χ1v) is 8.13. The van der Waals surface area contributed by atoms with E-state index in [0.717, 1.165) is 17.7 Å². The highest BCUT2D eigenvalue weighted by molar-refractivity contribution is 6.09. The molecule has 0 spiro atoms. The summed E-state index contributed by atoms with van der Waals surface area (Å²) in [6, 6.07) is 4.83. The summed E-state index contributed by atoms with van der Waals surface area (Å²) in [6.07, 6.45) is 4.82. The Morgan fingerprint density at radius 3 is 2.79 bits per heavy atom. The number of rotatable bonds is 3. The minimum atomic E-state index is -0.286. The quantitative estimate of drug-likeness (QED) is 0.864. The van der Waals surface area contributed by atoms with E-state index < -0.39 is 0 Å². The molecule has 0 aromatic heterocycles. The fraction of sp³-hybridized carbons (Fsp3) is 0.389. The van der Waals surface area contributed by atoms with Gasteiger partial charge < -0.3 is 5.32 Å². The maximum atomic E-state index is 13.7. The number of allylic oxidation sites excluding steroid dienone is 1. The number of hydrogen-bond donors (Lipinski definition) is 1. The molecule has 1 saturated carbocycles. The molecule has 4 rings (SSSR count). The Bertz CT molecular complexity index is 770. The first-order chi connectivity index (χ1) is 11.5. The third kappa shape index (κ3) is 2.52. The summed E-state index contributed by atoms with van der Waals surface area (Å²) in [6.45, 7) is 2.44. The predicted octanol–water partition coefficient (Wildman–Crippen LogP) is 2.05. The van der Waals surface area contributed by atoms with E-state index in [1.807, 2.05) is 12.1 Å². The smallest absolute Gasteiger partial charge is 0.324 e. The van der Waals surface area contributed by atoms with Crippen LogP contribution in [-0.4, -0.2) is 41.7 Å². The molecule has 1 unspecified atom stereocenters. The van der Waals surface area contributed by atoms with Crippen molar-refractivity contribution in [3.8, 4) is 0 Å². The van der Waals surface area contributed by atoms with Gasteiger partial charge in [-0.3, -0.25) is 14.7 Å². The fourth-order valence-electron chi connectivity index (χ4n) is 3.48. The van der Waals surface area contributed by atoms with Crippen molar-refractivity contribution in [2.75, 3.05) is 13.1 Å². The summed E-state index contributed by atoms with van der Waals surface area (Å²) < 4.78 is 13.7. The SMILES string of the molecule is Cc1ccc(C2=NCC([C@@H]3C[C@H]3N3C(=O)CNC3=O)C=C2)cc1F. The lowest BCUT2D eigenvalue weighted by Crippen LogP contribution is -2.35. The maximum absolute atomic E-state index is 13.7. The lowest BCUT2D eigenvalue weighted by Gasteiger charge is -2.18. The number of nitrogens with one attached hydrogen (secondary N) is 1. The molecular weight excluding hydrogens is 309 g/mol. The van der Waals surface area contributed by atoms with Crippen LogP contribution in [0.4, 0.5) is 9.18 Å². The molecule has 1 N–H and O–H groups in total. The highest BCUT2D eigenvalue weighted by Gasteiger charge is 2.51. The molecule has 5 nitrogen and oxygen atoms in total. The van der Waals surface area contributed by atoms with Crippen LogP contribution in [0.2, 0.25) is 0 Å². The van der Waals surface area contributed by atoms with Crippen LogP contribution in [-0.2, 0) is 4.79 Å². The lowest BCUT2D eigenvalue weighted by atomic mass is 9.97. The third-order valence-corrected chi connectivity index (χ3v) is 5.01. The maximum Gasteiger partial charge on any atom is 0.324 e. The first-order valence-electron chi connectivity index (χ1n) is 8.13. The molecule has 3 amide bonds. The van der Waals surface area contributed by atoms with Crippen LogP contribution in [0, 0.1) is 24.6 Å². The van der Waals surface area contributed by atoms with Gasteiger partial charge in [-0.05, 0) is 37.0 Å².